The highest BCUT2D eigenvalue weighted by Gasteiger charge is 2.30. The number of aliphatic hydroxyl groups excluding tert-OH is 1. The fraction of sp³-hybridized carbons (Fsp3) is 0.400. The molecule has 5 N–H and O–H groups in total. The highest BCUT2D eigenvalue weighted by Crippen LogP contribution is 2.14. The zero-order chi connectivity index (χ0) is 30.9. The lowest BCUT2D eigenvalue weighted by molar-refractivity contribution is -0.127. The van der Waals surface area contributed by atoms with Gasteiger partial charge in [0.25, 0.3) is 5.91 Å². The number of para-hydroxylation sites is 1. The van der Waals surface area contributed by atoms with Gasteiger partial charge in [0.2, 0.25) is 21.8 Å². The number of hydrogen-bond donors (Lipinski definition) is 4. The van der Waals surface area contributed by atoms with Gasteiger partial charge in [-0.25, -0.2) is 13.4 Å². The van der Waals surface area contributed by atoms with Crippen LogP contribution in [0.2, 0.25) is 0 Å². The molecule has 12 heteroatoms. The first-order chi connectivity index (χ1) is 19.8. The molecule has 3 aromatic rings. The fourth-order valence-corrected chi connectivity index (χ4v) is 5.24. The maximum atomic E-state index is 13.1. The van der Waals surface area contributed by atoms with Gasteiger partial charge in [0.05, 0.1) is 30.3 Å². The molecule has 0 aliphatic heterocycles. The standard InChI is InChI=1S/C30H39N5O6S/c1-20(2)15-16-35(42(3,40)41)19-27(36)25(17-21-9-5-4-6-10-21)33-28(37)18-26(29(31)38)34-30(39)24-14-13-22-11-7-8-12-23(22)32-24/h4-14,20,25-27,36H,15-19H2,1-3H3,(H2,31,38)(H,33,37)(H,34,39)/t25?,26-,27+/m0/s1. The van der Waals surface area contributed by atoms with E-state index >= 15 is 0 Å². The van der Waals surface area contributed by atoms with Crippen LogP contribution in [-0.4, -0.2) is 78.1 Å². The molecule has 3 rings (SSSR count). The number of nitrogens with zero attached hydrogens (tertiary/aromatic N) is 2. The molecule has 0 spiro atoms. The summed E-state index contributed by atoms with van der Waals surface area (Å²) in [6.45, 7) is 3.93. The zero-order valence-electron chi connectivity index (χ0n) is 24.1. The van der Waals surface area contributed by atoms with Gasteiger partial charge < -0.3 is 21.5 Å². The number of hydrogen-bond acceptors (Lipinski definition) is 7. The van der Waals surface area contributed by atoms with E-state index < -0.39 is 52.4 Å². The SMILES string of the molecule is CC(C)CCN(C[C@@H](O)C(Cc1ccccc1)NC(=O)C[C@H](NC(=O)c1ccc2ccccc2n1)C(N)=O)S(C)(=O)=O. The summed E-state index contributed by atoms with van der Waals surface area (Å²) < 4.78 is 26.1. The summed E-state index contributed by atoms with van der Waals surface area (Å²) in [5, 5.41) is 17.2. The number of nitrogens with one attached hydrogen (secondary N) is 2. The van der Waals surface area contributed by atoms with Gasteiger partial charge >= 0.3 is 0 Å². The lowest BCUT2D eigenvalue weighted by atomic mass is 10.00. The number of fused-ring (bicyclic) bond motifs is 1. The molecule has 226 valence electrons. The highest BCUT2D eigenvalue weighted by atomic mass is 32.2. The van der Waals surface area contributed by atoms with Crippen molar-refractivity contribution in [3.05, 3.63) is 78.0 Å². The maximum absolute atomic E-state index is 13.1. The van der Waals surface area contributed by atoms with Crippen LogP contribution in [0.15, 0.2) is 66.7 Å². The molecule has 0 bridgehead atoms. The Hall–Kier alpha value is -3.87. The molecule has 42 heavy (non-hydrogen) atoms. The molecule has 0 saturated carbocycles. The van der Waals surface area contributed by atoms with Crippen molar-refractivity contribution in [1.29, 1.82) is 0 Å². The Morgan fingerprint density at radius 2 is 1.64 bits per heavy atom. The fourth-order valence-electron chi connectivity index (χ4n) is 4.38. The van der Waals surface area contributed by atoms with E-state index in [9.17, 15) is 27.9 Å². The summed E-state index contributed by atoms with van der Waals surface area (Å²) in [5.41, 5.74) is 6.96. The lowest BCUT2D eigenvalue weighted by Crippen LogP contribution is -2.53. The van der Waals surface area contributed by atoms with Crippen molar-refractivity contribution in [2.75, 3.05) is 19.3 Å². The van der Waals surface area contributed by atoms with Crippen LogP contribution in [0.4, 0.5) is 0 Å². The topological polar surface area (TPSA) is 172 Å². The van der Waals surface area contributed by atoms with Crippen molar-refractivity contribution in [3.8, 4) is 0 Å². The van der Waals surface area contributed by atoms with E-state index in [0.717, 1.165) is 17.2 Å². The van der Waals surface area contributed by atoms with E-state index in [1.165, 1.54) is 10.4 Å². The molecule has 3 amide bonds. The third-order valence-corrected chi connectivity index (χ3v) is 8.06. The second kappa shape index (κ2) is 14.9. The summed E-state index contributed by atoms with van der Waals surface area (Å²) in [6, 6.07) is 17.3. The number of primary amides is 1. The van der Waals surface area contributed by atoms with Gasteiger partial charge in [-0.15, -0.1) is 0 Å². The minimum atomic E-state index is -3.63. The van der Waals surface area contributed by atoms with E-state index in [1.54, 1.807) is 18.2 Å². The average molecular weight is 598 g/mol. The molecule has 2 aromatic carbocycles. The quantitative estimate of drug-likeness (QED) is 0.206. The van der Waals surface area contributed by atoms with Gasteiger partial charge in [0, 0.05) is 18.5 Å². The molecule has 0 fully saturated rings. The Labute approximate surface area is 246 Å². The molecule has 0 aliphatic rings. The predicted octanol–water partition coefficient (Wildman–Crippen LogP) is 1.60. The van der Waals surface area contributed by atoms with Crippen molar-refractivity contribution >= 4 is 38.6 Å². The van der Waals surface area contributed by atoms with E-state index in [0.29, 0.717) is 11.9 Å². The number of carbonyl (C=O) groups excluding carboxylic acids is 3. The summed E-state index contributed by atoms with van der Waals surface area (Å²) in [7, 11) is -3.63. The number of aromatic nitrogens is 1. The van der Waals surface area contributed by atoms with Gasteiger partial charge in [0.1, 0.15) is 11.7 Å². The molecule has 0 aliphatic carbocycles. The van der Waals surface area contributed by atoms with Gasteiger partial charge in [0.15, 0.2) is 0 Å². The molecular weight excluding hydrogens is 558 g/mol. The van der Waals surface area contributed by atoms with Crippen molar-refractivity contribution < 1.29 is 27.9 Å². The van der Waals surface area contributed by atoms with Gasteiger partial charge in [-0.05, 0) is 36.5 Å². The monoisotopic (exact) mass is 597 g/mol. The largest absolute Gasteiger partial charge is 0.390 e. The first-order valence-corrected chi connectivity index (χ1v) is 15.6. The summed E-state index contributed by atoms with van der Waals surface area (Å²) in [5.74, 6) is -2.00. The Morgan fingerprint density at radius 3 is 2.29 bits per heavy atom. The average Bonchev–Trinajstić information content (AvgIpc) is 2.93. The lowest BCUT2D eigenvalue weighted by Gasteiger charge is -2.29. The minimum Gasteiger partial charge on any atom is -0.390 e. The molecule has 1 heterocycles. The number of benzene rings is 2. The Balaban J connectivity index is 1.74. The first kappa shape index (κ1) is 32.6. The molecule has 11 nitrogen and oxygen atoms in total. The van der Waals surface area contributed by atoms with Gasteiger partial charge in [-0.1, -0.05) is 68.4 Å². The summed E-state index contributed by atoms with van der Waals surface area (Å²) >= 11 is 0. The van der Waals surface area contributed by atoms with Crippen LogP contribution in [0, 0.1) is 5.92 Å². The number of carbonyl (C=O) groups is 3. The predicted molar refractivity (Wildman–Crippen MR) is 161 cm³/mol. The molecule has 1 aromatic heterocycles. The maximum Gasteiger partial charge on any atom is 0.270 e. The van der Waals surface area contributed by atoms with Crippen molar-refractivity contribution in [3.63, 3.8) is 0 Å². The third-order valence-electron chi connectivity index (χ3n) is 6.79. The van der Waals surface area contributed by atoms with Crippen LogP contribution < -0.4 is 16.4 Å². The number of rotatable bonds is 15. The molecule has 0 saturated heterocycles. The summed E-state index contributed by atoms with van der Waals surface area (Å²) in [4.78, 5) is 42.5. The number of pyridine rings is 1. The Morgan fingerprint density at radius 1 is 0.976 bits per heavy atom. The Bertz CT molecular complexity index is 1480. The van der Waals surface area contributed by atoms with Crippen molar-refractivity contribution in [1.82, 2.24) is 19.9 Å². The zero-order valence-corrected chi connectivity index (χ0v) is 24.9. The second-order valence-electron chi connectivity index (χ2n) is 10.8. The number of nitrogens with two attached hydrogens (primary N) is 1. The van der Waals surface area contributed by atoms with Crippen LogP contribution >= 0.6 is 0 Å². The molecule has 0 radical (unpaired) electrons. The second-order valence-corrected chi connectivity index (χ2v) is 12.7. The molecule has 3 atom stereocenters. The van der Waals surface area contributed by atoms with Crippen molar-refractivity contribution in [2.45, 2.75) is 51.3 Å². The van der Waals surface area contributed by atoms with E-state index in [4.69, 9.17) is 5.73 Å². The van der Waals surface area contributed by atoms with Crippen LogP contribution in [-0.2, 0) is 26.0 Å². The number of amides is 3. The van der Waals surface area contributed by atoms with Crippen LogP contribution in [0.25, 0.3) is 10.9 Å². The van der Waals surface area contributed by atoms with Gasteiger partial charge in [-0.2, -0.15) is 4.31 Å². The number of sulfonamides is 1. The molecule has 1 unspecified atom stereocenters. The summed E-state index contributed by atoms with van der Waals surface area (Å²) in [6.07, 6.45) is 0.121. The van der Waals surface area contributed by atoms with Crippen LogP contribution in [0.1, 0.15) is 42.7 Å². The smallest absolute Gasteiger partial charge is 0.270 e. The first-order valence-electron chi connectivity index (χ1n) is 13.8. The Kier molecular flexibility index (Phi) is 11.5. The normalized spacial score (nSPS) is 14.0. The van der Waals surface area contributed by atoms with Crippen LogP contribution in [0.5, 0.6) is 0 Å². The van der Waals surface area contributed by atoms with E-state index in [-0.39, 0.29) is 31.1 Å². The minimum absolute atomic E-state index is 0.0556. The van der Waals surface area contributed by atoms with Gasteiger partial charge in [-0.3, -0.25) is 14.4 Å². The highest BCUT2D eigenvalue weighted by molar-refractivity contribution is 7.88. The van der Waals surface area contributed by atoms with E-state index in [2.05, 4.69) is 15.6 Å². The van der Waals surface area contributed by atoms with Crippen molar-refractivity contribution in [2.24, 2.45) is 11.7 Å². The molecular formula is C30H39N5O6S. The third kappa shape index (κ3) is 9.89. The number of aliphatic hydroxyl groups is 1. The van der Waals surface area contributed by atoms with Crippen LogP contribution in [0.3, 0.4) is 0 Å². The van der Waals surface area contributed by atoms with E-state index in [1.807, 2.05) is 56.3 Å².